The second-order valence-electron chi connectivity index (χ2n) is 6.10. The Hall–Kier alpha value is -2.60. The first-order chi connectivity index (χ1) is 12.5. The first-order valence-electron chi connectivity index (χ1n) is 8.54. The van der Waals surface area contributed by atoms with Crippen LogP contribution in [0.15, 0.2) is 52.4 Å². The quantitative estimate of drug-likeness (QED) is 0.529. The van der Waals surface area contributed by atoms with Crippen molar-refractivity contribution in [3.8, 4) is 0 Å². The van der Waals surface area contributed by atoms with Gasteiger partial charge < -0.3 is 10.3 Å². The molecule has 0 radical (unpaired) electrons. The van der Waals surface area contributed by atoms with Gasteiger partial charge in [-0.15, -0.1) is 0 Å². The molecule has 1 heterocycles. The van der Waals surface area contributed by atoms with E-state index in [9.17, 15) is 9.59 Å². The van der Waals surface area contributed by atoms with Crippen molar-refractivity contribution in [2.75, 3.05) is 5.32 Å². The number of anilines is 1. The number of rotatable bonds is 5. The van der Waals surface area contributed by atoms with Crippen LogP contribution in [-0.4, -0.2) is 21.1 Å². The molecule has 0 aliphatic carbocycles. The number of aryl methyl sites for hydroxylation is 2. The van der Waals surface area contributed by atoms with Crippen LogP contribution in [0.4, 0.5) is 5.69 Å². The lowest BCUT2D eigenvalue weighted by Gasteiger charge is -2.16. The molecular weight excluding hydrogens is 346 g/mol. The molecule has 1 amide bonds. The van der Waals surface area contributed by atoms with Gasteiger partial charge in [-0.1, -0.05) is 49.0 Å². The van der Waals surface area contributed by atoms with Crippen molar-refractivity contribution in [3.63, 3.8) is 0 Å². The van der Waals surface area contributed by atoms with Gasteiger partial charge in [0, 0.05) is 5.69 Å². The van der Waals surface area contributed by atoms with Gasteiger partial charge in [-0.25, -0.2) is 4.98 Å². The number of hydrogen-bond donors (Lipinski definition) is 2. The van der Waals surface area contributed by atoms with Gasteiger partial charge in [-0.2, -0.15) is 0 Å². The average Bonchev–Trinajstić information content (AvgIpc) is 2.63. The molecule has 3 aromatic rings. The summed E-state index contributed by atoms with van der Waals surface area (Å²) in [5.41, 5.74) is 3.43. The average molecular weight is 367 g/mol. The molecular formula is C20H21N3O2S. The predicted octanol–water partition coefficient (Wildman–Crippen LogP) is 3.91. The fraction of sp³-hybridized carbons (Fsp3) is 0.250. The minimum Gasteiger partial charge on any atom is -0.325 e. The van der Waals surface area contributed by atoms with Gasteiger partial charge >= 0.3 is 0 Å². The van der Waals surface area contributed by atoms with Crippen LogP contribution >= 0.6 is 11.8 Å². The lowest BCUT2D eigenvalue weighted by atomic mass is 10.1. The monoisotopic (exact) mass is 367 g/mol. The van der Waals surface area contributed by atoms with Crippen LogP contribution in [-0.2, 0) is 11.2 Å². The molecule has 3 rings (SSSR count). The number of amides is 1. The number of aromatic amines is 1. The summed E-state index contributed by atoms with van der Waals surface area (Å²) >= 11 is 1.24. The van der Waals surface area contributed by atoms with E-state index in [2.05, 4.69) is 22.2 Å². The zero-order valence-corrected chi connectivity index (χ0v) is 15.8. The molecule has 0 aliphatic rings. The molecule has 5 nitrogen and oxygen atoms in total. The van der Waals surface area contributed by atoms with E-state index >= 15 is 0 Å². The maximum Gasteiger partial charge on any atom is 0.259 e. The Labute approximate surface area is 156 Å². The highest BCUT2D eigenvalue weighted by Crippen LogP contribution is 2.25. The van der Waals surface area contributed by atoms with Crippen LogP contribution in [0.2, 0.25) is 0 Å². The van der Waals surface area contributed by atoms with Gasteiger partial charge in [0.1, 0.15) is 0 Å². The van der Waals surface area contributed by atoms with Crippen molar-refractivity contribution in [1.82, 2.24) is 9.97 Å². The van der Waals surface area contributed by atoms with Gasteiger partial charge in [-0.3, -0.25) is 9.59 Å². The predicted molar refractivity (Wildman–Crippen MR) is 107 cm³/mol. The van der Waals surface area contributed by atoms with Crippen molar-refractivity contribution in [2.24, 2.45) is 0 Å². The minimum atomic E-state index is -0.399. The molecule has 2 aromatic carbocycles. The lowest BCUT2D eigenvalue weighted by molar-refractivity contribution is -0.115. The van der Waals surface area contributed by atoms with Gasteiger partial charge in [0.15, 0.2) is 5.16 Å². The molecule has 2 N–H and O–H groups in total. The van der Waals surface area contributed by atoms with E-state index in [1.807, 2.05) is 31.2 Å². The summed E-state index contributed by atoms with van der Waals surface area (Å²) < 4.78 is 0. The Morgan fingerprint density at radius 2 is 2.00 bits per heavy atom. The Balaban J connectivity index is 1.79. The largest absolute Gasteiger partial charge is 0.325 e. The number of thioether (sulfide) groups is 1. The normalized spacial score (nSPS) is 12.1. The Morgan fingerprint density at radius 3 is 2.77 bits per heavy atom. The summed E-state index contributed by atoms with van der Waals surface area (Å²) in [6.45, 7) is 5.85. The SMILES string of the molecule is CCc1cccc(C)c1NC(=O)C(C)Sc1nc2ccccc2c(=O)[nH]1. The van der Waals surface area contributed by atoms with E-state index in [-0.39, 0.29) is 11.5 Å². The van der Waals surface area contributed by atoms with Crippen molar-refractivity contribution in [1.29, 1.82) is 0 Å². The number of nitrogens with one attached hydrogen (secondary N) is 2. The number of carbonyl (C=O) groups is 1. The molecule has 0 saturated heterocycles. The number of aromatic nitrogens is 2. The number of nitrogens with zero attached hydrogens (tertiary/aromatic N) is 1. The number of benzene rings is 2. The second kappa shape index (κ2) is 7.74. The highest BCUT2D eigenvalue weighted by Gasteiger charge is 2.18. The molecule has 134 valence electrons. The topological polar surface area (TPSA) is 74.8 Å². The summed E-state index contributed by atoms with van der Waals surface area (Å²) in [4.78, 5) is 32.0. The molecule has 0 spiro atoms. The third-order valence-electron chi connectivity index (χ3n) is 4.24. The minimum absolute atomic E-state index is 0.116. The highest BCUT2D eigenvalue weighted by molar-refractivity contribution is 8.00. The number of carbonyl (C=O) groups excluding carboxylic acids is 1. The maximum absolute atomic E-state index is 12.6. The molecule has 1 unspecified atom stereocenters. The second-order valence-corrected chi connectivity index (χ2v) is 7.43. The van der Waals surface area contributed by atoms with Crippen LogP contribution < -0.4 is 10.9 Å². The van der Waals surface area contributed by atoms with E-state index in [0.717, 1.165) is 23.2 Å². The number of fused-ring (bicyclic) bond motifs is 1. The van der Waals surface area contributed by atoms with Crippen LogP contribution in [0.5, 0.6) is 0 Å². The van der Waals surface area contributed by atoms with Crippen LogP contribution in [0.25, 0.3) is 10.9 Å². The van der Waals surface area contributed by atoms with Crippen molar-refractivity contribution < 1.29 is 4.79 Å². The van der Waals surface area contributed by atoms with Gasteiger partial charge in [0.05, 0.1) is 16.2 Å². The molecule has 1 aromatic heterocycles. The molecule has 0 fully saturated rings. The van der Waals surface area contributed by atoms with Crippen LogP contribution in [0, 0.1) is 6.92 Å². The first kappa shape index (κ1) is 18.2. The van der Waals surface area contributed by atoms with Crippen LogP contribution in [0.3, 0.4) is 0 Å². The van der Waals surface area contributed by atoms with E-state index in [1.165, 1.54) is 11.8 Å². The molecule has 6 heteroatoms. The summed E-state index contributed by atoms with van der Waals surface area (Å²) in [7, 11) is 0. The zero-order valence-electron chi connectivity index (χ0n) is 15.0. The third-order valence-corrected chi connectivity index (χ3v) is 5.22. The van der Waals surface area contributed by atoms with Crippen LogP contribution in [0.1, 0.15) is 25.0 Å². The smallest absolute Gasteiger partial charge is 0.259 e. The van der Waals surface area contributed by atoms with E-state index < -0.39 is 5.25 Å². The van der Waals surface area contributed by atoms with Crippen molar-refractivity contribution >= 4 is 34.3 Å². The fourth-order valence-corrected chi connectivity index (χ4v) is 3.57. The Kier molecular flexibility index (Phi) is 5.42. The van der Waals surface area contributed by atoms with E-state index in [1.54, 1.807) is 25.1 Å². The number of hydrogen-bond acceptors (Lipinski definition) is 4. The first-order valence-corrected chi connectivity index (χ1v) is 9.42. The molecule has 0 aliphatic heterocycles. The van der Waals surface area contributed by atoms with Gasteiger partial charge in [0.25, 0.3) is 5.56 Å². The molecule has 0 bridgehead atoms. The summed E-state index contributed by atoms with van der Waals surface area (Å²) in [6, 6.07) is 13.2. The maximum atomic E-state index is 12.6. The van der Waals surface area contributed by atoms with Gasteiger partial charge in [-0.05, 0) is 43.5 Å². The summed E-state index contributed by atoms with van der Waals surface area (Å²) in [6.07, 6.45) is 0.846. The highest BCUT2D eigenvalue weighted by atomic mass is 32.2. The van der Waals surface area contributed by atoms with Crippen molar-refractivity contribution in [3.05, 3.63) is 63.9 Å². The van der Waals surface area contributed by atoms with E-state index in [0.29, 0.717) is 16.1 Å². The lowest BCUT2D eigenvalue weighted by Crippen LogP contribution is -2.24. The zero-order chi connectivity index (χ0) is 18.7. The summed E-state index contributed by atoms with van der Waals surface area (Å²) in [5.74, 6) is -0.116. The molecule has 0 saturated carbocycles. The molecule has 1 atom stereocenters. The van der Waals surface area contributed by atoms with Gasteiger partial charge in [0.2, 0.25) is 5.91 Å². The Bertz CT molecular complexity index is 1010. The Morgan fingerprint density at radius 1 is 1.23 bits per heavy atom. The fourth-order valence-electron chi connectivity index (χ4n) is 2.77. The van der Waals surface area contributed by atoms with E-state index in [4.69, 9.17) is 0 Å². The number of para-hydroxylation sites is 2. The van der Waals surface area contributed by atoms with Crippen molar-refractivity contribution in [2.45, 2.75) is 37.6 Å². The molecule has 26 heavy (non-hydrogen) atoms. The third kappa shape index (κ3) is 3.80. The summed E-state index contributed by atoms with van der Waals surface area (Å²) in [5, 5.41) is 3.61. The number of H-pyrrole nitrogens is 1. The standard InChI is InChI=1S/C20H21N3O2S/c1-4-14-9-7-8-12(2)17(14)22-18(24)13(3)26-20-21-16-11-6-5-10-15(16)19(25)23-20/h5-11,13H,4H2,1-3H3,(H,22,24)(H,21,23,25).